The molecule has 3 rings (SSSR count). The number of aromatic nitrogens is 1. The highest BCUT2D eigenvalue weighted by Gasteiger charge is 2.13. The normalized spacial score (nSPS) is 11.1. The van der Waals surface area contributed by atoms with Crippen molar-refractivity contribution in [2.75, 3.05) is 26.0 Å². The van der Waals surface area contributed by atoms with Crippen molar-refractivity contribution in [3.05, 3.63) is 64.3 Å². The second kappa shape index (κ2) is 6.72. The third-order valence-corrected chi connectivity index (χ3v) is 3.98. The lowest BCUT2D eigenvalue weighted by Gasteiger charge is -2.09. The van der Waals surface area contributed by atoms with Crippen molar-refractivity contribution in [2.24, 2.45) is 0 Å². The summed E-state index contributed by atoms with van der Waals surface area (Å²) >= 11 is 0. The van der Waals surface area contributed by atoms with Crippen molar-refractivity contribution in [2.45, 2.75) is 6.42 Å². The predicted molar refractivity (Wildman–Crippen MR) is 96.9 cm³/mol. The summed E-state index contributed by atoms with van der Waals surface area (Å²) in [4.78, 5) is 16.2. The molecule has 1 aromatic heterocycles. The molecule has 2 aromatic carbocycles. The summed E-state index contributed by atoms with van der Waals surface area (Å²) in [6.45, 7) is 0.967. The molecule has 0 radical (unpaired) electrons. The highest BCUT2D eigenvalue weighted by molar-refractivity contribution is 5.87. The van der Waals surface area contributed by atoms with Gasteiger partial charge in [-0.2, -0.15) is 0 Å². The molecule has 0 fully saturated rings. The van der Waals surface area contributed by atoms with Crippen molar-refractivity contribution in [1.29, 1.82) is 0 Å². The van der Waals surface area contributed by atoms with Gasteiger partial charge in [-0.05, 0) is 50.3 Å². The van der Waals surface area contributed by atoms with Gasteiger partial charge in [-0.1, -0.05) is 12.1 Å². The molecule has 6 nitrogen and oxygen atoms in total. The summed E-state index contributed by atoms with van der Waals surface area (Å²) in [5, 5.41) is 15.4. The Kier molecular flexibility index (Phi) is 4.48. The molecule has 0 spiro atoms. The zero-order valence-electron chi connectivity index (χ0n) is 13.7. The molecule has 0 bridgehead atoms. The maximum absolute atomic E-state index is 11.1. The van der Waals surface area contributed by atoms with Crippen LogP contribution in [-0.2, 0) is 6.42 Å². The van der Waals surface area contributed by atoms with Gasteiger partial charge < -0.3 is 15.2 Å². The van der Waals surface area contributed by atoms with Gasteiger partial charge in [0.15, 0.2) is 0 Å². The van der Waals surface area contributed by atoms with Crippen molar-refractivity contribution in [1.82, 2.24) is 9.88 Å². The van der Waals surface area contributed by atoms with E-state index >= 15 is 0 Å². The highest BCUT2D eigenvalue weighted by Crippen LogP contribution is 2.29. The number of anilines is 2. The number of benzene rings is 2. The first-order valence-electron chi connectivity index (χ1n) is 7.80. The van der Waals surface area contributed by atoms with E-state index in [1.54, 1.807) is 18.2 Å². The lowest BCUT2D eigenvalue weighted by Crippen LogP contribution is -2.14. The van der Waals surface area contributed by atoms with Crippen molar-refractivity contribution >= 4 is 28.0 Å². The molecule has 0 amide bonds. The van der Waals surface area contributed by atoms with Crippen LogP contribution in [0.15, 0.2) is 48.7 Å². The fourth-order valence-electron chi connectivity index (χ4n) is 2.70. The Labute approximate surface area is 140 Å². The molecule has 24 heavy (non-hydrogen) atoms. The van der Waals surface area contributed by atoms with Crippen LogP contribution in [-0.4, -0.2) is 35.4 Å². The number of nitro groups is 1. The number of nitro benzene ring substituents is 1. The Balaban J connectivity index is 1.91. The molecule has 2 N–H and O–H groups in total. The first kappa shape index (κ1) is 16.0. The largest absolute Gasteiger partial charge is 0.361 e. The monoisotopic (exact) mass is 324 g/mol. The highest BCUT2D eigenvalue weighted by atomic mass is 16.6. The van der Waals surface area contributed by atoms with Gasteiger partial charge >= 0.3 is 0 Å². The van der Waals surface area contributed by atoms with E-state index in [9.17, 15) is 10.1 Å². The second-order valence-electron chi connectivity index (χ2n) is 6.03. The average Bonchev–Trinajstić information content (AvgIpc) is 2.95. The maximum Gasteiger partial charge on any atom is 0.292 e. The summed E-state index contributed by atoms with van der Waals surface area (Å²) in [5.41, 5.74) is 3.70. The van der Waals surface area contributed by atoms with E-state index in [1.807, 2.05) is 24.4 Å². The van der Waals surface area contributed by atoms with Crippen LogP contribution in [0.4, 0.5) is 17.1 Å². The van der Waals surface area contributed by atoms with Gasteiger partial charge in [-0.25, -0.2) is 0 Å². The molecule has 0 unspecified atom stereocenters. The molecular weight excluding hydrogens is 304 g/mol. The second-order valence-corrected chi connectivity index (χ2v) is 6.03. The van der Waals surface area contributed by atoms with Crippen LogP contribution in [0.5, 0.6) is 0 Å². The summed E-state index contributed by atoms with van der Waals surface area (Å²) in [6.07, 6.45) is 2.98. The number of hydrogen-bond donors (Lipinski definition) is 2. The van der Waals surface area contributed by atoms with E-state index < -0.39 is 0 Å². The standard InChI is InChI=1S/C18H20N4O2/c1-21(2)10-9-13-12-19-16-8-7-14(11-15(13)16)20-17-5-3-4-6-18(17)22(23)24/h3-8,11-12,19-20H,9-10H2,1-2H3. The van der Waals surface area contributed by atoms with Crippen LogP contribution in [0, 0.1) is 10.1 Å². The molecule has 124 valence electrons. The smallest absolute Gasteiger partial charge is 0.292 e. The number of nitrogens with zero attached hydrogens (tertiary/aromatic N) is 2. The SMILES string of the molecule is CN(C)CCc1c[nH]c2ccc(Nc3ccccc3[N+](=O)[O-])cc12. The molecule has 6 heteroatoms. The number of H-pyrrole nitrogens is 1. The maximum atomic E-state index is 11.1. The molecule has 1 heterocycles. The number of fused-ring (bicyclic) bond motifs is 1. The Bertz CT molecular complexity index is 870. The first-order chi connectivity index (χ1) is 11.5. The predicted octanol–water partition coefficient (Wildman–Crippen LogP) is 3.92. The van der Waals surface area contributed by atoms with Crippen LogP contribution in [0.3, 0.4) is 0 Å². The van der Waals surface area contributed by atoms with Crippen molar-refractivity contribution in [3.63, 3.8) is 0 Å². The number of likely N-dealkylation sites (N-methyl/N-ethyl adjacent to an activating group) is 1. The minimum atomic E-state index is -0.375. The topological polar surface area (TPSA) is 74.2 Å². The van der Waals surface area contributed by atoms with Gasteiger partial charge in [-0.15, -0.1) is 0 Å². The Hall–Kier alpha value is -2.86. The summed E-state index contributed by atoms with van der Waals surface area (Å²) in [7, 11) is 4.10. The Morgan fingerprint density at radius 1 is 1.21 bits per heavy atom. The lowest BCUT2D eigenvalue weighted by molar-refractivity contribution is -0.383. The van der Waals surface area contributed by atoms with E-state index in [2.05, 4.69) is 29.3 Å². The van der Waals surface area contributed by atoms with Gasteiger partial charge in [0, 0.05) is 35.4 Å². The van der Waals surface area contributed by atoms with E-state index in [-0.39, 0.29) is 10.6 Å². The summed E-state index contributed by atoms with van der Waals surface area (Å²) in [6, 6.07) is 12.6. The minimum absolute atomic E-state index is 0.0690. The van der Waals surface area contributed by atoms with E-state index in [0.717, 1.165) is 29.6 Å². The number of rotatable bonds is 6. The van der Waals surface area contributed by atoms with E-state index in [4.69, 9.17) is 0 Å². The van der Waals surface area contributed by atoms with Gasteiger partial charge in [0.25, 0.3) is 5.69 Å². The molecule has 0 saturated carbocycles. The van der Waals surface area contributed by atoms with E-state index in [0.29, 0.717) is 5.69 Å². The summed E-state index contributed by atoms with van der Waals surface area (Å²) in [5.74, 6) is 0. The molecule has 0 aliphatic heterocycles. The molecule has 0 saturated heterocycles. The van der Waals surface area contributed by atoms with Gasteiger partial charge in [0.05, 0.1) is 4.92 Å². The van der Waals surface area contributed by atoms with Crippen LogP contribution in [0.2, 0.25) is 0 Å². The van der Waals surface area contributed by atoms with Crippen LogP contribution in [0.25, 0.3) is 10.9 Å². The average molecular weight is 324 g/mol. The molecular formula is C18H20N4O2. The number of aromatic amines is 1. The zero-order valence-corrected chi connectivity index (χ0v) is 13.7. The van der Waals surface area contributed by atoms with Gasteiger partial charge in [-0.3, -0.25) is 10.1 Å². The number of para-hydroxylation sites is 2. The molecule has 0 atom stereocenters. The summed E-state index contributed by atoms with van der Waals surface area (Å²) < 4.78 is 0. The van der Waals surface area contributed by atoms with Crippen molar-refractivity contribution < 1.29 is 4.92 Å². The first-order valence-corrected chi connectivity index (χ1v) is 7.80. The van der Waals surface area contributed by atoms with Crippen LogP contribution in [0.1, 0.15) is 5.56 Å². The minimum Gasteiger partial charge on any atom is -0.361 e. The van der Waals surface area contributed by atoms with Crippen molar-refractivity contribution in [3.8, 4) is 0 Å². The van der Waals surface area contributed by atoms with Crippen LogP contribution >= 0.6 is 0 Å². The van der Waals surface area contributed by atoms with E-state index in [1.165, 1.54) is 11.6 Å². The number of nitrogens with one attached hydrogen (secondary N) is 2. The quantitative estimate of drug-likeness (QED) is 0.532. The lowest BCUT2D eigenvalue weighted by atomic mass is 10.1. The van der Waals surface area contributed by atoms with Gasteiger partial charge in [0.1, 0.15) is 5.69 Å². The molecule has 0 aliphatic rings. The van der Waals surface area contributed by atoms with Crippen LogP contribution < -0.4 is 5.32 Å². The Morgan fingerprint density at radius 2 is 2.00 bits per heavy atom. The number of hydrogen-bond acceptors (Lipinski definition) is 4. The third-order valence-electron chi connectivity index (χ3n) is 3.98. The fraction of sp³-hybridized carbons (Fsp3) is 0.222. The fourth-order valence-corrected chi connectivity index (χ4v) is 2.70. The zero-order chi connectivity index (χ0) is 17.1. The van der Waals surface area contributed by atoms with Gasteiger partial charge in [0.2, 0.25) is 0 Å². The molecule has 0 aliphatic carbocycles. The third kappa shape index (κ3) is 3.38. The Morgan fingerprint density at radius 3 is 2.75 bits per heavy atom. The molecule has 3 aromatic rings.